The van der Waals surface area contributed by atoms with Crippen molar-refractivity contribution in [1.82, 2.24) is 9.80 Å². The van der Waals surface area contributed by atoms with Crippen molar-refractivity contribution in [2.75, 3.05) is 13.6 Å². The monoisotopic (exact) mass is 378 g/mol. The largest absolute Gasteiger partial charge is 0.327 e. The van der Waals surface area contributed by atoms with E-state index in [9.17, 15) is 14.4 Å². The van der Waals surface area contributed by atoms with Crippen LogP contribution < -0.4 is 0 Å². The third-order valence-electron chi connectivity index (χ3n) is 4.95. The van der Waals surface area contributed by atoms with Crippen LogP contribution in [-0.4, -0.2) is 46.7 Å². The molecule has 1 saturated heterocycles. The van der Waals surface area contributed by atoms with Crippen molar-refractivity contribution >= 4 is 33.7 Å². The molecule has 6 heteroatoms. The van der Waals surface area contributed by atoms with Gasteiger partial charge in [-0.2, -0.15) is 0 Å². The Labute approximate surface area is 143 Å². The highest BCUT2D eigenvalue weighted by molar-refractivity contribution is 9.10. The van der Waals surface area contributed by atoms with E-state index in [0.29, 0.717) is 18.4 Å². The van der Waals surface area contributed by atoms with Crippen LogP contribution in [0.3, 0.4) is 0 Å². The Morgan fingerprint density at radius 3 is 2.35 bits per heavy atom. The molecule has 1 saturated carbocycles. The molecule has 0 unspecified atom stereocenters. The number of rotatable bonds is 3. The van der Waals surface area contributed by atoms with E-state index in [4.69, 9.17) is 0 Å². The van der Waals surface area contributed by atoms with Crippen molar-refractivity contribution < 1.29 is 14.4 Å². The minimum atomic E-state index is -0.727. The van der Waals surface area contributed by atoms with Gasteiger partial charge in [-0.15, -0.1) is 0 Å². The smallest absolute Gasteiger partial charge is 0.313 e. The van der Waals surface area contributed by atoms with E-state index < -0.39 is 5.54 Å². The Kier molecular flexibility index (Phi) is 4.27. The Morgan fingerprint density at radius 2 is 1.74 bits per heavy atom. The maximum Gasteiger partial charge on any atom is 0.327 e. The van der Waals surface area contributed by atoms with Crippen LogP contribution in [0.2, 0.25) is 0 Å². The molecule has 0 N–H and O–H groups in total. The van der Waals surface area contributed by atoms with Crippen LogP contribution in [0.5, 0.6) is 0 Å². The summed E-state index contributed by atoms with van der Waals surface area (Å²) in [7, 11) is 1.68. The molecule has 2 fully saturated rings. The standard InChI is InChI=1S/C17H19BrN2O3/c1-19-16(23)20(15(22)17(19)9-3-2-4-10-17)11-14(21)12-5-7-13(18)8-6-12/h5-8H,2-4,9-11H2,1H3. The molecule has 0 atom stereocenters. The average Bonchev–Trinajstić information content (AvgIpc) is 2.72. The lowest BCUT2D eigenvalue weighted by Gasteiger charge is -2.35. The number of hydrogen-bond donors (Lipinski definition) is 0. The number of nitrogens with zero attached hydrogens (tertiary/aromatic N) is 2. The number of carbonyl (C=O) groups is 3. The SMILES string of the molecule is CN1C(=O)N(CC(=O)c2ccc(Br)cc2)C(=O)C12CCCCC2. The van der Waals surface area contributed by atoms with Crippen molar-refractivity contribution in [2.24, 2.45) is 0 Å². The molecule has 1 aromatic carbocycles. The lowest BCUT2D eigenvalue weighted by molar-refractivity contribution is -0.134. The lowest BCUT2D eigenvalue weighted by atomic mass is 9.80. The number of hydrogen-bond acceptors (Lipinski definition) is 3. The fourth-order valence-corrected chi connectivity index (χ4v) is 3.81. The minimum Gasteiger partial charge on any atom is -0.313 e. The van der Waals surface area contributed by atoms with Gasteiger partial charge in [0.25, 0.3) is 5.91 Å². The number of Topliss-reactive ketones (excluding diaryl/α,β-unsaturated/α-hetero) is 1. The summed E-state index contributed by atoms with van der Waals surface area (Å²) in [5.74, 6) is -0.435. The van der Waals surface area contributed by atoms with E-state index in [0.717, 1.165) is 28.6 Å². The number of likely N-dealkylation sites (N-methyl/N-ethyl adjacent to an activating group) is 1. The second-order valence-corrected chi connectivity index (χ2v) is 7.17. The lowest BCUT2D eigenvalue weighted by Crippen LogP contribution is -2.49. The highest BCUT2D eigenvalue weighted by Crippen LogP contribution is 2.39. The Hall–Kier alpha value is -1.69. The van der Waals surface area contributed by atoms with Gasteiger partial charge in [-0.1, -0.05) is 47.3 Å². The van der Waals surface area contributed by atoms with Crippen molar-refractivity contribution in [3.8, 4) is 0 Å². The maximum atomic E-state index is 12.8. The summed E-state index contributed by atoms with van der Waals surface area (Å²) in [4.78, 5) is 40.4. The van der Waals surface area contributed by atoms with Gasteiger partial charge in [-0.05, 0) is 25.0 Å². The molecule has 0 aromatic heterocycles. The molecule has 23 heavy (non-hydrogen) atoms. The number of carbonyl (C=O) groups excluding carboxylic acids is 3. The summed E-state index contributed by atoms with van der Waals surface area (Å²) in [5, 5.41) is 0. The number of benzene rings is 1. The molecule has 0 bridgehead atoms. The highest BCUT2D eigenvalue weighted by Gasteiger charge is 2.55. The molecule has 1 aliphatic carbocycles. The molecule has 122 valence electrons. The molecule has 5 nitrogen and oxygen atoms in total. The zero-order chi connectivity index (χ0) is 16.6. The summed E-state index contributed by atoms with van der Waals surface area (Å²) in [6.07, 6.45) is 4.36. The van der Waals surface area contributed by atoms with Crippen LogP contribution in [-0.2, 0) is 4.79 Å². The van der Waals surface area contributed by atoms with E-state index >= 15 is 0 Å². The highest BCUT2D eigenvalue weighted by atomic mass is 79.9. The zero-order valence-corrected chi connectivity index (χ0v) is 14.6. The van der Waals surface area contributed by atoms with Crippen molar-refractivity contribution in [3.63, 3.8) is 0 Å². The van der Waals surface area contributed by atoms with E-state index in [-0.39, 0.29) is 24.3 Å². The van der Waals surface area contributed by atoms with Gasteiger partial charge in [-0.3, -0.25) is 14.5 Å². The van der Waals surface area contributed by atoms with Gasteiger partial charge in [0.1, 0.15) is 5.54 Å². The molecule has 1 spiro atoms. The Bertz CT molecular complexity index is 650. The van der Waals surface area contributed by atoms with Gasteiger partial charge in [0.05, 0.1) is 6.54 Å². The topological polar surface area (TPSA) is 57.7 Å². The minimum absolute atomic E-state index is 0.189. The molecule has 0 radical (unpaired) electrons. The fourth-order valence-electron chi connectivity index (χ4n) is 3.54. The van der Waals surface area contributed by atoms with Crippen molar-refractivity contribution in [1.29, 1.82) is 0 Å². The van der Waals surface area contributed by atoms with Gasteiger partial charge >= 0.3 is 6.03 Å². The van der Waals surface area contributed by atoms with Crippen LogP contribution in [0.25, 0.3) is 0 Å². The molecule has 1 aromatic rings. The van der Waals surface area contributed by atoms with Crippen molar-refractivity contribution in [3.05, 3.63) is 34.3 Å². The van der Waals surface area contributed by atoms with Crippen LogP contribution in [0, 0.1) is 0 Å². The summed E-state index contributed by atoms with van der Waals surface area (Å²) >= 11 is 3.32. The normalized spacial score (nSPS) is 20.4. The first-order chi connectivity index (χ1) is 11.0. The number of urea groups is 1. The van der Waals surface area contributed by atoms with E-state index in [1.807, 2.05) is 0 Å². The maximum absolute atomic E-state index is 12.8. The quantitative estimate of drug-likeness (QED) is 0.599. The second-order valence-electron chi connectivity index (χ2n) is 6.26. The number of halogens is 1. The third-order valence-corrected chi connectivity index (χ3v) is 5.48. The van der Waals surface area contributed by atoms with Crippen LogP contribution in [0.4, 0.5) is 4.79 Å². The first-order valence-electron chi connectivity index (χ1n) is 7.84. The second kappa shape index (κ2) is 6.07. The van der Waals surface area contributed by atoms with Crippen LogP contribution >= 0.6 is 15.9 Å². The van der Waals surface area contributed by atoms with Gasteiger partial charge in [-0.25, -0.2) is 4.79 Å². The molecular formula is C17H19BrN2O3. The summed E-state index contributed by atoms with van der Waals surface area (Å²) in [6, 6.07) is 6.57. The Morgan fingerprint density at radius 1 is 1.13 bits per heavy atom. The first kappa shape index (κ1) is 16.2. The average molecular weight is 379 g/mol. The third kappa shape index (κ3) is 2.69. The van der Waals surface area contributed by atoms with Crippen LogP contribution in [0.1, 0.15) is 42.5 Å². The number of amides is 3. The van der Waals surface area contributed by atoms with Gasteiger partial charge in [0.2, 0.25) is 0 Å². The first-order valence-corrected chi connectivity index (χ1v) is 8.63. The molecule has 1 heterocycles. The molecule has 3 rings (SSSR count). The fraction of sp³-hybridized carbons (Fsp3) is 0.471. The van der Waals surface area contributed by atoms with E-state index in [1.165, 1.54) is 0 Å². The van der Waals surface area contributed by atoms with Gasteiger partial charge in [0, 0.05) is 17.1 Å². The van der Waals surface area contributed by atoms with E-state index in [2.05, 4.69) is 15.9 Å². The van der Waals surface area contributed by atoms with Crippen molar-refractivity contribution in [2.45, 2.75) is 37.6 Å². The van der Waals surface area contributed by atoms with E-state index in [1.54, 1.807) is 36.2 Å². The Balaban J connectivity index is 1.80. The zero-order valence-electron chi connectivity index (χ0n) is 13.0. The summed E-state index contributed by atoms with van der Waals surface area (Å²) in [6.45, 7) is -0.189. The van der Waals surface area contributed by atoms with Crippen LogP contribution in [0.15, 0.2) is 28.7 Å². The summed E-state index contributed by atoms with van der Waals surface area (Å²) < 4.78 is 0.878. The van der Waals surface area contributed by atoms with Gasteiger partial charge in [0.15, 0.2) is 5.78 Å². The number of imide groups is 1. The molecule has 3 amide bonds. The number of ketones is 1. The molecule has 2 aliphatic rings. The predicted octanol–water partition coefficient (Wildman–Crippen LogP) is 3.23. The molecule has 1 aliphatic heterocycles. The van der Waals surface area contributed by atoms with Gasteiger partial charge < -0.3 is 4.90 Å². The molecular weight excluding hydrogens is 360 g/mol. The summed E-state index contributed by atoms with van der Waals surface area (Å²) in [5.41, 5.74) is -0.226. The predicted molar refractivity (Wildman–Crippen MR) is 89.2 cm³/mol.